The second kappa shape index (κ2) is 6.40. The van der Waals surface area contributed by atoms with Crippen molar-refractivity contribution in [3.05, 3.63) is 5.82 Å². The Hall–Kier alpha value is -0.550. The minimum Gasteiger partial charge on any atom is -0.313 e. The molecule has 1 aromatic rings. The molecule has 1 N–H and O–H groups in total. The molecule has 1 fully saturated rings. The molecule has 0 aliphatic heterocycles. The molecule has 0 unspecified atom stereocenters. The first-order valence-electron chi connectivity index (χ1n) is 6.49. The van der Waals surface area contributed by atoms with Gasteiger partial charge in [-0.2, -0.15) is 0 Å². The molecule has 1 aromatic heterocycles. The maximum absolute atomic E-state index is 4.15. The van der Waals surface area contributed by atoms with Crippen molar-refractivity contribution in [3.8, 4) is 0 Å². The monoisotopic (exact) mass is 254 g/mol. The molecule has 1 saturated carbocycles. The second-order valence-corrected chi connectivity index (χ2v) is 5.79. The van der Waals surface area contributed by atoms with Gasteiger partial charge in [0.1, 0.15) is 5.82 Å². The lowest BCUT2D eigenvalue weighted by molar-refractivity contribution is 0.381. The van der Waals surface area contributed by atoms with Crippen molar-refractivity contribution >= 4 is 11.8 Å². The van der Waals surface area contributed by atoms with Crippen LogP contribution in [0.5, 0.6) is 0 Å². The summed E-state index contributed by atoms with van der Waals surface area (Å²) in [7, 11) is 2.02. The van der Waals surface area contributed by atoms with Gasteiger partial charge in [-0.1, -0.05) is 31.0 Å². The summed E-state index contributed by atoms with van der Waals surface area (Å²) >= 11 is 1.78. The summed E-state index contributed by atoms with van der Waals surface area (Å²) in [6.45, 7) is 3.05. The van der Waals surface area contributed by atoms with Gasteiger partial charge in [-0.25, -0.2) is 0 Å². The van der Waals surface area contributed by atoms with Gasteiger partial charge < -0.3 is 9.88 Å². The molecule has 1 aliphatic carbocycles. The summed E-state index contributed by atoms with van der Waals surface area (Å²) in [5.74, 6) is 2.05. The summed E-state index contributed by atoms with van der Waals surface area (Å²) < 4.78 is 2.05. The Bertz CT molecular complexity index is 344. The van der Waals surface area contributed by atoms with Crippen LogP contribution in [-0.4, -0.2) is 33.1 Å². The van der Waals surface area contributed by atoms with E-state index in [0.717, 1.165) is 29.3 Å². The first-order valence-corrected chi connectivity index (χ1v) is 7.48. The highest BCUT2D eigenvalue weighted by atomic mass is 32.2. The van der Waals surface area contributed by atoms with Crippen LogP contribution in [0.25, 0.3) is 0 Å². The number of hydrogen-bond acceptors (Lipinski definition) is 4. The van der Waals surface area contributed by atoms with Gasteiger partial charge in [-0.05, 0) is 19.8 Å². The molecule has 4 nitrogen and oxygen atoms in total. The highest BCUT2D eigenvalue weighted by Gasteiger charge is 2.12. The maximum atomic E-state index is 4.15. The quantitative estimate of drug-likeness (QED) is 0.646. The van der Waals surface area contributed by atoms with Crippen LogP contribution >= 0.6 is 11.8 Å². The first-order chi connectivity index (χ1) is 8.27. The average Bonchev–Trinajstić information content (AvgIpc) is 2.67. The van der Waals surface area contributed by atoms with Crippen molar-refractivity contribution in [1.82, 2.24) is 20.1 Å². The summed E-state index contributed by atoms with van der Waals surface area (Å²) in [4.78, 5) is 0. The molecule has 96 valence electrons. The SMILES string of the molecule is Cc1nnc(SCCNC2CCCCC2)n1C. The summed E-state index contributed by atoms with van der Waals surface area (Å²) in [6, 6.07) is 0.755. The van der Waals surface area contributed by atoms with Crippen LogP contribution in [0, 0.1) is 6.92 Å². The maximum Gasteiger partial charge on any atom is 0.190 e. The molecule has 0 atom stereocenters. The van der Waals surface area contributed by atoms with E-state index in [-0.39, 0.29) is 0 Å². The van der Waals surface area contributed by atoms with E-state index in [0.29, 0.717) is 0 Å². The van der Waals surface area contributed by atoms with Crippen LogP contribution in [0.15, 0.2) is 5.16 Å². The Morgan fingerprint density at radius 2 is 2.06 bits per heavy atom. The minimum atomic E-state index is 0.755. The van der Waals surface area contributed by atoms with E-state index < -0.39 is 0 Å². The Morgan fingerprint density at radius 1 is 1.29 bits per heavy atom. The van der Waals surface area contributed by atoms with E-state index in [1.807, 2.05) is 18.5 Å². The van der Waals surface area contributed by atoms with Crippen molar-refractivity contribution in [2.24, 2.45) is 7.05 Å². The lowest BCUT2D eigenvalue weighted by atomic mass is 9.96. The number of hydrogen-bond donors (Lipinski definition) is 1. The zero-order valence-electron chi connectivity index (χ0n) is 10.8. The molecular formula is C12H22N4S. The minimum absolute atomic E-state index is 0.755. The van der Waals surface area contributed by atoms with Crippen molar-refractivity contribution in [2.75, 3.05) is 12.3 Å². The molecular weight excluding hydrogens is 232 g/mol. The van der Waals surface area contributed by atoms with Gasteiger partial charge in [0.15, 0.2) is 5.16 Å². The van der Waals surface area contributed by atoms with E-state index in [4.69, 9.17) is 0 Å². The van der Waals surface area contributed by atoms with E-state index in [9.17, 15) is 0 Å². The Kier molecular flexibility index (Phi) is 4.86. The average molecular weight is 254 g/mol. The van der Waals surface area contributed by atoms with Gasteiger partial charge in [0.05, 0.1) is 0 Å². The van der Waals surface area contributed by atoms with E-state index in [2.05, 4.69) is 15.5 Å². The molecule has 0 bridgehead atoms. The highest BCUT2D eigenvalue weighted by Crippen LogP contribution is 2.18. The van der Waals surface area contributed by atoms with Crippen molar-refractivity contribution < 1.29 is 0 Å². The molecule has 17 heavy (non-hydrogen) atoms. The summed E-state index contributed by atoms with van der Waals surface area (Å²) in [5.41, 5.74) is 0. The fourth-order valence-electron chi connectivity index (χ4n) is 2.23. The normalized spacial score (nSPS) is 17.5. The van der Waals surface area contributed by atoms with Crippen molar-refractivity contribution in [1.29, 1.82) is 0 Å². The Balaban J connectivity index is 1.64. The molecule has 0 amide bonds. The highest BCUT2D eigenvalue weighted by molar-refractivity contribution is 7.99. The largest absolute Gasteiger partial charge is 0.313 e. The third-order valence-corrected chi connectivity index (χ3v) is 4.45. The fourth-order valence-corrected chi connectivity index (χ4v) is 3.05. The number of nitrogens with zero attached hydrogens (tertiary/aromatic N) is 3. The van der Waals surface area contributed by atoms with Gasteiger partial charge in [-0.3, -0.25) is 0 Å². The van der Waals surface area contributed by atoms with Crippen LogP contribution in [-0.2, 0) is 7.05 Å². The third-order valence-electron chi connectivity index (χ3n) is 3.42. The standard InChI is InChI=1S/C12H22N4S/c1-10-14-15-12(16(10)2)17-9-8-13-11-6-4-3-5-7-11/h11,13H,3-9H2,1-2H3. The fraction of sp³-hybridized carbons (Fsp3) is 0.833. The van der Waals surface area contributed by atoms with Crippen LogP contribution in [0.2, 0.25) is 0 Å². The number of aryl methyl sites for hydroxylation is 1. The predicted molar refractivity (Wildman–Crippen MR) is 71.3 cm³/mol. The molecule has 2 rings (SSSR count). The molecule has 1 aliphatic rings. The zero-order chi connectivity index (χ0) is 12.1. The molecule has 0 aromatic carbocycles. The Morgan fingerprint density at radius 3 is 2.71 bits per heavy atom. The molecule has 1 heterocycles. The van der Waals surface area contributed by atoms with Gasteiger partial charge in [0.2, 0.25) is 0 Å². The number of rotatable bonds is 5. The lowest BCUT2D eigenvalue weighted by Gasteiger charge is -2.22. The van der Waals surface area contributed by atoms with Crippen molar-refractivity contribution in [3.63, 3.8) is 0 Å². The number of thioether (sulfide) groups is 1. The van der Waals surface area contributed by atoms with Crippen LogP contribution in [0.4, 0.5) is 0 Å². The second-order valence-electron chi connectivity index (χ2n) is 4.73. The summed E-state index contributed by atoms with van der Waals surface area (Å²) in [5, 5.41) is 12.9. The molecule has 0 spiro atoms. The molecule has 5 heteroatoms. The van der Waals surface area contributed by atoms with Crippen LogP contribution in [0.1, 0.15) is 37.9 Å². The number of aromatic nitrogens is 3. The van der Waals surface area contributed by atoms with Gasteiger partial charge in [0, 0.05) is 25.4 Å². The van der Waals surface area contributed by atoms with Crippen molar-refractivity contribution in [2.45, 2.75) is 50.2 Å². The zero-order valence-corrected chi connectivity index (χ0v) is 11.6. The lowest BCUT2D eigenvalue weighted by Crippen LogP contribution is -2.32. The van der Waals surface area contributed by atoms with Gasteiger partial charge in [-0.15, -0.1) is 10.2 Å². The predicted octanol–water partition coefficient (Wildman–Crippen LogP) is 2.14. The van der Waals surface area contributed by atoms with E-state index in [1.165, 1.54) is 32.1 Å². The Labute approximate surface area is 108 Å². The molecule has 0 saturated heterocycles. The van der Waals surface area contributed by atoms with Crippen LogP contribution in [0.3, 0.4) is 0 Å². The number of nitrogens with one attached hydrogen (secondary N) is 1. The third kappa shape index (κ3) is 3.71. The summed E-state index contributed by atoms with van der Waals surface area (Å²) in [6.07, 6.45) is 6.92. The van der Waals surface area contributed by atoms with E-state index >= 15 is 0 Å². The van der Waals surface area contributed by atoms with Gasteiger partial charge in [0.25, 0.3) is 0 Å². The topological polar surface area (TPSA) is 42.7 Å². The van der Waals surface area contributed by atoms with Crippen LogP contribution < -0.4 is 5.32 Å². The van der Waals surface area contributed by atoms with E-state index in [1.54, 1.807) is 11.8 Å². The molecule has 0 radical (unpaired) electrons. The smallest absolute Gasteiger partial charge is 0.190 e. The van der Waals surface area contributed by atoms with Gasteiger partial charge >= 0.3 is 0 Å². The first kappa shape index (κ1) is 12.9.